The number of anilines is 2. The van der Waals surface area contributed by atoms with Gasteiger partial charge in [-0.15, -0.1) is 0 Å². The van der Waals surface area contributed by atoms with Crippen LogP contribution in [0.2, 0.25) is 0 Å². The number of hydrogen-bond donors (Lipinski definition) is 1. The van der Waals surface area contributed by atoms with Gasteiger partial charge in [-0.1, -0.05) is 33.6 Å². The summed E-state index contributed by atoms with van der Waals surface area (Å²) in [5.74, 6) is 0.353. The van der Waals surface area contributed by atoms with Crippen molar-refractivity contribution in [3.05, 3.63) is 36.0 Å². The topological polar surface area (TPSA) is 56.3 Å². The van der Waals surface area contributed by atoms with Crippen LogP contribution in [0.25, 0.3) is 0 Å². The van der Waals surface area contributed by atoms with Crippen LogP contribution in [0.1, 0.15) is 45.6 Å². The van der Waals surface area contributed by atoms with E-state index in [0.717, 1.165) is 31.2 Å². The summed E-state index contributed by atoms with van der Waals surface area (Å²) in [5, 5.41) is 2.89. The number of ether oxygens (including phenoxy) is 2. The fraction of sp³-hybridized carbons (Fsp3) is 0.500. The molecule has 0 aliphatic carbocycles. The van der Waals surface area contributed by atoms with Crippen LogP contribution in [-0.4, -0.2) is 23.2 Å². The second-order valence-corrected chi connectivity index (χ2v) is 6.82. The summed E-state index contributed by atoms with van der Waals surface area (Å²) in [6.07, 6.45) is -0.610. The average Bonchev–Trinajstić information content (AvgIpc) is 2.64. The van der Waals surface area contributed by atoms with E-state index in [-0.39, 0.29) is 18.5 Å². The van der Waals surface area contributed by atoms with Crippen molar-refractivity contribution in [3.8, 4) is 11.6 Å². The molecule has 2 rings (SSSR count). The maximum absolute atomic E-state index is 13.1. The Labute approximate surface area is 163 Å². The number of halogens is 3. The van der Waals surface area contributed by atoms with E-state index in [4.69, 9.17) is 9.47 Å². The Bertz CT molecular complexity index is 734. The third-order valence-electron chi connectivity index (χ3n) is 3.74. The highest BCUT2D eigenvalue weighted by atomic mass is 19.4. The maximum atomic E-state index is 13.1. The van der Waals surface area contributed by atoms with Crippen LogP contribution >= 0.6 is 0 Å². The van der Waals surface area contributed by atoms with Crippen LogP contribution in [0, 0.1) is 5.92 Å². The van der Waals surface area contributed by atoms with Crippen LogP contribution in [-0.2, 0) is 6.18 Å². The Kier molecular flexibility index (Phi) is 7.90. The summed E-state index contributed by atoms with van der Waals surface area (Å²) in [5.41, 5.74) is -0.356. The fourth-order valence-electron chi connectivity index (χ4n) is 2.28. The number of aromatic nitrogens is 2. The van der Waals surface area contributed by atoms with Gasteiger partial charge in [0.2, 0.25) is 11.8 Å². The van der Waals surface area contributed by atoms with Crippen molar-refractivity contribution in [2.45, 2.75) is 46.2 Å². The largest absolute Gasteiger partial charge is 0.494 e. The van der Waals surface area contributed by atoms with E-state index in [2.05, 4.69) is 22.2 Å². The van der Waals surface area contributed by atoms with Gasteiger partial charge in [0.15, 0.2) is 0 Å². The second-order valence-electron chi connectivity index (χ2n) is 6.82. The molecule has 28 heavy (non-hydrogen) atoms. The van der Waals surface area contributed by atoms with E-state index in [1.807, 2.05) is 13.8 Å². The molecule has 0 saturated carbocycles. The Balaban J connectivity index is 2.07. The minimum Gasteiger partial charge on any atom is -0.494 e. The van der Waals surface area contributed by atoms with Crippen molar-refractivity contribution in [1.82, 2.24) is 9.97 Å². The molecule has 1 aromatic heterocycles. The predicted octanol–water partition coefficient (Wildman–Crippen LogP) is 5.84. The average molecular weight is 397 g/mol. The number of alkyl halides is 3. The molecule has 0 unspecified atom stereocenters. The van der Waals surface area contributed by atoms with Crippen LogP contribution in [0.15, 0.2) is 30.5 Å². The summed E-state index contributed by atoms with van der Waals surface area (Å²) >= 11 is 0. The molecule has 5 nitrogen and oxygen atoms in total. The molecule has 0 saturated heterocycles. The third kappa shape index (κ3) is 6.90. The Morgan fingerprint density at radius 3 is 2.39 bits per heavy atom. The molecule has 0 bridgehead atoms. The molecule has 2 aromatic rings. The molecule has 0 radical (unpaired) electrons. The van der Waals surface area contributed by atoms with E-state index < -0.39 is 17.6 Å². The predicted molar refractivity (Wildman–Crippen MR) is 102 cm³/mol. The Morgan fingerprint density at radius 2 is 1.79 bits per heavy atom. The number of rotatable bonds is 10. The molecular weight excluding hydrogens is 371 g/mol. The van der Waals surface area contributed by atoms with Gasteiger partial charge in [0, 0.05) is 11.9 Å². The maximum Gasteiger partial charge on any atom is 0.423 e. The van der Waals surface area contributed by atoms with Gasteiger partial charge >= 0.3 is 6.18 Å². The standard InChI is InChI=1S/C20H26F3N3O2/c1-4-5-6-11-27-16-9-7-15(8-10-16)25-19-24-12-17(20(21,22)23)18(26-19)28-13-14(2)3/h7-10,12,14H,4-6,11,13H2,1-3H3,(H,24,25,26). The lowest BCUT2D eigenvalue weighted by atomic mass is 10.2. The Hall–Kier alpha value is -2.51. The molecule has 0 aliphatic heterocycles. The van der Waals surface area contributed by atoms with Crippen molar-refractivity contribution in [3.63, 3.8) is 0 Å². The first kappa shape index (κ1) is 21.8. The molecule has 0 spiro atoms. The normalized spacial score (nSPS) is 11.5. The Morgan fingerprint density at radius 1 is 1.07 bits per heavy atom. The summed E-state index contributed by atoms with van der Waals surface area (Å²) in [7, 11) is 0. The molecule has 0 fully saturated rings. The summed E-state index contributed by atoms with van der Waals surface area (Å²) in [6.45, 7) is 6.60. The van der Waals surface area contributed by atoms with Gasteiger partial charge in [-0.3, -0.25) is 0 Å². The molecule has 0 amide bonds. The highest BCUT2D eigenvalue weighted by Crippen LogP contribution is 2.35. The van der Waals surface area contributed by atoms with Crippen molar-refractivity contribution in [2.75, 3.05) is 18.5 Å². The number of nitrogens with one attached hydrogen (secondary N) is 1. The van der Waals surface area contributed by atoms with E-state index in [1.54, 1.807) is 24.3 Å². The lowest BCUT2D eigenvalue weighted by molar-refractivity contribution is -0.139. The van der Waals surface area contributed by atoms with Crippen molar-refractivity contribution in [2.24, 2.45) is 5.92 Å². The molecule has 1 N–H and O–H groups in total. The summed E-state index contributed by atoms with van der Waals surface area (Å²) in [6, 6.07) is 7.08. The van der Waals surface area contributed by atoms with Crippen molar-refractivity contribution >= 4 is 11.6 Å². The van der Waals surface area contributed by atoms with Crippen LogP contribution in [0.5, 0.6) is 11.6 Å². The SMILES string of the molecule is CCCCCOc1ccc(Nc2ncc(C(F)(F)F)c(OCC(C)C)n2)cc1. The fourth-order valence-corrected chi connectivity index (χ4v) is 2.28. The number of benzene rings is 1. The minimum absolute atomic E-state index is 0.0309. The van der Waals surface area contributed by atoms with Crippen LogP contribution in [0.3, 0.4) is 0 Å². The van der Waals surface area contributed by atoms with E-state index in [0.29, 0.717) is 12.3 Å². The summed E-state index contributed by atoms with van der Waals surface area (Å²) in [4.78, 5) is 7.67. The van der Waals surface area contributed by atoms with E-state index >= 15 is 0 Å². The smallest absolute Gasteiger partial charge is 0.423 e. The zero-order valence-electron chi connectivity index (χ0n) is 16.3. The van der Waals surface area contributed by atoms with Gasteiger partial charge in [-0.2, -0.15) is 18.2 Å². The van der Waals surface area contributed by atoms with Gasteiger partial charge in [0.1, 0.15) is 11.3 Å². The number of unbranched alkanes of at least 4 members (excludes halogenated alkanes) is 2. The number of nitrogens with zero attached hydrogens (tertiary/aromatic N) is 2. The van der Waals surface area contributed by atoms with E-state index in [9.17, 15) is 13.2 Å². The zero-order valence-corrected chi connectivity index (χ0v) is 16.3. The lowest BCUT2D eigenvalue weighted by Gasteiger charge is -2.15. The third-order valence-corrected chi connectivity index (χ3v) is 3.74. The first-order valence-electron chi connectivity index (χ1n) is 9.36. The molecule has 154 valence electrons. The second kappa shape index (κ2) is 10.1. The molecule has 1 heterocycles. The molecule has 1 aromatic carbocycles. The van der Waals surface area contributed by atoms with Crippen LogP contribution < -0.4 is 14.8 Å². The molecule has 8 heteroatoms. The lowest BCUT2D eigenvalue weighted by Crippen LogP contribution is -2.14. The highest BCUT2D eigenvalue weighted by Gasteiger charge is 2.36. The highest BCUT2D eigenvalue weighted by molar-refractivity contribution is 5.55. The molecule has 0 atom stereocenters. The van der Waals surface area contributed by atoms with Gasteiger partial charge in [0.05, 0.1) is 13.2 Å². The van der Waals surface area contributed by atoms with Crippen LogP contribution in [0.4, 0.5) is 24.8 Å². The van der Waals surface area contributed by atoms with Crippen molar-refractivity contribution < 1.29 is 22.6 Å². The quantitative estimate of drug-likeness (QED) is 0.510. The first-order chi connectivity index (χ1) is 13.3. The minimum atomic E-state index is -4.58. The molecular formula is C20H26F3N3O2. The van der Waals surface area contributed by atoms with Gasteiger partial charge < -0.3 is 14.8 Å². The van der Waals surface area contributed by atoms with E-state index in [1.165, 1.54) is 0 Å². The molecule has 0 aliphatic rings. The van der Waals surface area contributed by atoms with Gasteiger partial charge in [-0.25, -0.2) is 4.98 Å². The zero-order chi connectivity index (χ0) is 20.6. The van der Waals surface area contributed by atoms with Crippen molar-refractivity contribution in [1.29, 1.82) is 0 Å². The number of hydrogen-bond acceptors (Lipinski definition) is 5. The summed E-state index contributed by atoms with van der Waals surface area (Å²) < 4.78 is 50.3. The van der Waals surface area contributed by atoms with Gasteiger partial charge in [-0.05, 0) is 36.6 Å². The first-order valence-corrected chi connectivity index (χ1v) is 9.36. The van der Waals surface area contributed by atoms with Gasteiger partial charge in [0.25, 0.3) is 0 Å². The monoisotopic (exact) mass is 397 g/mol.